The molecule has 0 atom stereocenters. The molecule has 0 aliphatic heterocycles. The van der Waals surface area contributed by atoms with E-state index in [1.165, 1.54) is 89.9 Å². The molecule has 0 N–H and O–H groups in total. The molecule has 0 saturated carbocycles. The van der Waals surface area contributed by atoms with Crippen molar-refractivity contribution in [2.24, 2.45) is 0 Å². The number of rotatable bonds is 13. The van der Waals surface area contributed by atoms with Crippen molar-refractivity contribution in [3.05, 3.63) is 0 Å². The van der Waals surface area contributed by atoms with E-state index in [1.807, 2.05) is 0 Å². The Kier molecular flexibility index (Phi) is 32.1. The summed E-state index contributed by atoms with van der Waals surface area (Å²) in [5.74, 6) is 0. The molecule has 0 bridgehead atoms. The molecule has 0 spiro atoms. The molecular formula is C16H34BrNa. The van der Waals surface area contributed by atoms with Crippen LogP contribution in [0, 0.1) is 0 Å². The predicted octanol–water partition coefficient (Wildman–Crippen LogP) is 0.496. The Morgan fingerprint density at radius 3 is 0.722 bits per heavy atom. The first-order valence-corrected chi connectivity index (χ1v) is 7.91. The number of hydrogen-bond acceptors (Lipinski definition) is 0. The van der Waals surface area contributed by atoms with Crippen LogP contribution in [0.1, 0.15) is 104 Å². The van der Waals surface area contributed by atoms with Crippen molar-refractivity contribution in [2.45, 2.75) is 104 Å². The minimum atomic E-state index is 0. The first-order chi connectivity index (χ1) is 7.91. The van der Waals surface area contributed by atoms with E-state index in [1.54, 1.807) is 0 Å². The van der Waals surface area contributed by atoms with Crippen LogP contribution in [0.15, 0.2) is 0 Å². The van der Waals surface area contributed by atoms with Crippen LogP contribution in [0.3, 0.4) is 0 Å². The third kappa shape index (κ3) is 22.6. The second-order valence-corrected chi connectivity index (χ2v) is 5.24. The molecule has 0 aliphatic carbocycles. The summed E-state index contributed by atoms with van der Waals surface area (Å²) < 4.78 is 0. The molecule has 0 nitrogen and oxygen atoms in total. The van der Waals surface area contributed by atoms with Gasteiger partial charge < -0.3 is 17.0 Å². The molecule has 18 heavy (non-hydrogen) atoms. The van der Waals surface area contributed by atoms with Crippen molar-refractivity contribution in [3.63, 3.8) is 0 Å². The molecule has 0 aromatic heterocycles. The van der Waals surface area contributed by atoms with Crippen LogP contribution < -0.4 is 46.5 Å². The molecule has 0 rings (SSSR count). The number of unbranched alkanes of at least 4 members (excludes halogenated alkanes) is 13. The van der Waals surface area contributed by atoms with Crippen LogP contribution in [0.5, 0.6) is 0 Å². The minimum absolute atomic E-state index is 0. The fourth-order valence-corrected chi connectivity index (χ4v) is 2.27. The van der Waals surface area contributed by atoms with Crippen molar-refractivity contribution in [3.8, 4) is 0 Å². The smallest absolute Gasteiger partial charge is 1.00 e. The van der Waals surface area contributed by atoms with Crippen molar-refractivity contribution in [1.29, 1.82) is 0 Å². The fraction of sp³-hybridized carbons (Fsp3) is 1.00. The maximum Gasteiger partial charge on any atom is 1.00 e. The Balaban J connectivity index is -0.00000112. The number of halogens is 1. The molecule has 106 valence electrons. The van der Waals surface area contributed by atoms with E-state index in [4.69, 9.17) is 0 Å². The molecule has 0 heterocycles. The molecule has 0 aromatic rings. The number of hydrogen-bond donors (Lipinski definition) is 0. The minimum Gasteiger partial charge on any atom is -1.00 e. The van der Waals surface area contributed by atoms with E-state index in [9.17, 15) is 0 Å². The summed E-state index contributed by atoms with van der Waals surface area (Å²) in [5.41, 5.74) is 0. The van der Waals surface area contributed by atoms with Gasteiger partial charge in [0.1, 0.15) is 0 Å². The van der Waals surface area contributed by atoms with Gasteiger partial charge in [0, 0.05) is 0 Å². The van der Waals surface area contributed by atoms with E-state index >= 15 is 0 Å². The Bertz CT molecular complexity index is 104. The van der Waals surface area contributed by atoms with Crippen LogP contribution >= 0.6 is 0 Å². The Labute approximate surface area is 149 Å². The van der Waals surface area contributed by atoms with Gasteiger partial charge >= 0.3 is 29.6 Å². The summed E-state index contributed by atoms with van der Waals surface area (Å²) in [7, 11) is 0. The van der Waals surface area contributed by atoms with E-state index in [-0.39, 0.29) is 46.5 Å². The molecule has 0 fully saturated rings. The molecule has 0 aliphatic rings. The zero-order chi connectivity index (χ0) is 11.9. The fourth-order valence-electron chi connectivity index (χ4n) is 2.27. The van der Waals surface area contributed by atoms with E-state index < -0.39 is 0 Å². The summed E-state index contributed by atoms with van der Waals surface area (Å²) in [6, 6.07) is 0. The normalized spacial score (nSPS) is 9.67. The van der Waals surface area contributed by atoms with Crippen LogP contribution in [-0.4, -0.2) is 0 Å². The summed E-state index contributed by atoms with van der Waals surface area (Å²) in [6.45, 7) is 4.58. The predicted molar refractivity (Wildman–Crippen MR) is 76.0 cm³/mol. The van der Waals surface area contributed by atoms with Gasteiger partial charge in [-0.1, -0.05) is 104 Å². The van der Waals surface area contributed by atoms with Gasteiger partial charge in [0.25, 0.3) is 0 Å². The van der Waals surface area contributed by atoms with Gasteiger partial charge in [0.15, 0.2) is 0 Å². The second kappa shape index (κ2) is 23.6. The zero-order valence-electron chi connectivity index (χ0n) is 13.3. The Morgan fingerprint density at radius 2 is 0.556 bits per heavy atom. The molecule has 0 amide bonds. The molecule has 0 aromatic carbocycles. The van der Waals surface area contributed by atoms with E-state index in [2.05, 4.69) is 13.8 Å². The average molecular weight is 329 g/mol. The summed E-state index contributed by atoms with van der Waals surface area (Å²) in [6.07, 6.45) is 20.4. The first kappa shape index (κ1) is 24.5. The van der Waals surface area contributed by atoms with Crippen LogP contribution in [0.25, 0.3) is 0 Å². The van der Waals surface area contributed by atoms with Crippen LogP contribution in [0.2, 0.25) is 0 Å². The average Bonchev–Trinajstić information content (AvgIpc) is 2.31. The van der Waals surface area contributed by atoms with Crippen molar-refractivity contribution in [1.82, 2.24) is 0 Å². The van der Waals surface area contributed by atoms with Gasteiger partial charge in [-0.05, 0) is 0 Å². The Morgan fingerprint density at radius 1 is 0.389 bits per heavy atom. The van der Waals surface area contributed by atoms with Crippen LogP contribution in [-0.2, 0) is 0 Å². The monoisotopic (exact) mass is 328 g/mol. The SMILES string of the molecule is CCCCCCCCCCCCCCCC.[Br-].[Na+]. The Hall–Kier alpha value is 1.48. The van der Waals surface area contributed by atoms with E-state index in [0.29, 0.717) is 0 Å². The molecular weight excluding hydrogens is 295 g/mol. The summed E-state index contributed by atoms with van der Waals surface area (Å²) >= 11 is 0. The van der Waals surface area contributed by atoms with Gasteiger partial charge in [0.2, 0.25) is 0 Å². The van der Waals surface area contributed by atoms with E-state index in [0.717, 1.165) is 0 Å². The topological polar surface area (TPSA) is 0 Å². The van der Waals surface area contributed by atoms with Crippen molar-refractivity contribution >= 4 is 0 Å². The zero-order valence-corrected chi connectivity index (χ0v) is 16.9. The molecule has 0 radical (unpaired) electrons. The van der Waals surface area contributed by atoms with Crippen LogP contribution in [0.4, 0.5) is 0 Å². The third-order valence-corrected chi connectivity index (χ3v) is 3.46. The van der Waals surface area contributed by atoms with Gasteiger partial charge in [-0.25, -0.2) is 0 Å². The van der Waals surface area contributed by atoms with Gasteiger partial charge in [0.05, 0.1) is 0 Å². The van der Waals surface area contributed by atoms with Gasteiger partial charge in [-0.2, -0.15) is 0 Å². The maximum absolute atomic E-state index is 2.29. The van der Waals surface area contributed by atoms with Crippen molar-refractivity contribution in [2.75, 3.05) is 0 Å². The third-order valence-electron chi connectivity index (χ3n) is 3.46. The second-order valence-electron chi connectivity index (χ2n) is 5.24. The van der Waals surface area contributed by atoms with Gasteiger partial charge in [-0.3, -0.25) is 0 Å². The van der Waals surface area contributed by atoms with Gasteiger partial charge in [-0.15, -0.1) is 0 Å². The maximum atomic E-state index is 2.29. The molecule has 0 saturated heterocycles. The molecule has 0 unspecified atom stereocenters. The summed E-state index contributed by atoms with van der Waals surface area (Å²) in [4.78, 5) is 0. The largest absolute Gasteiger partial charge is 1.00 e. The standard InChI is InChI=1S/C16H34.BrH.Na/c1-3-5-7-9-11-13-15-16-14-12-10-8-6-4-2;;/h3-16H2,1-2H3;1H;/q;;+1/p-1. The first-order valence-electron chi connectivity index (χ1n) is 7.91. The quantitative estimate of drug-likeness (QED) is 0.341. The van der Waals surface area contributed by atoms with Crippen molar-refractivity contribution < 1.29 is 46.5 Å². The molecule has 2 heteroatoms. The summed E-state index contributed by atoms with van der Waals surface area (Å²) in [5, 5.41) is 0.